The molecule has 0 aliphatic rings. The molecule has 1 N–H and O–H groups in total. The summed E-state index contributed by atoms with van der Waals surface area (Å²) in [5, 5.41) is 1.08. The second-order valence-electron chi connectivity index (χ2n) is 4.38. The Morgan fingerprint density at radius 2 is 1.76 bits per heavy atom. The van der Waals surface area contributed by atoms with Gasteiger partial charge in [0.25, 0.3) is 5.56 Å². The molecule has 0 aliphatic carbocycles. The fourth-order valence-corrected chi connectivity index (χ4v) is 2.15. The van der Waals surface area contributed by atoms with E-state index in [1.807, 2.05) is 0 Å². The summed E-state index contributed by atoms with van der Waals surface area (Å²) >= 11 is 0. The van der Waals surface area contributed by atoms with E-state index in [-0.39, 0.29) is 17.9 Å². The number of carbonyl (C=O) groups is 1. The van der Waals surface area contributed by atoms with Gasteiger partial charge < -0.3 is 19.2 Å². The molecule has 2 rings (SSSR count). The molecule has 1 aromatic heterocycles. The van der Waals surface area contributed by atoms with Crippen molar-refractivity contribution in [3.8, 4) is 11.5 Å². The van der Waals surface area contributed by atoms with Crippen molar-refractivity contribution >= 4 is 16.7 Å². The first-order valence-electron chi connectivity index (χ1n) is 6.52. The van der Waals surface area contributed by atoms with Crippen molar-refractivity contribution in [3.63, 3.8) is 0 Å². The molecule has 0 bridgehead atoms. The predicted octanol–water partition coefficient (Wildman–Crippen LogP) is 1.65. The lowest BCUT2D eigenvalue weighted by Crippen LogP contribution is -2.12. The highest BCUT2D eigenvalue weighted by Crippen LogP contribution is 2.32. The largest absolute Gasteiger partial charge is 0.493 e. The fourth-order valence-electron chi connectivity index (χ4n) is 2.15. The van der Waals surface area contributed by atoms with E-state index in [0.717, 1.165) is 0 Å². The average Bonchev–Trinajstić information content (AvgIpc) is 2.49. The van der Waals surface area contributed by atoms with Crippen LogP contribution in [0.15, 0.2) is 23.1 Å². The number of aromatic amines is 1. The Bertz CT molecular complexity index is 720. The minimum atomic E-state index is -0.347. The summed E-state index contributed by atoms with van der Waals surface area (Å²) < 4.78 is 15.4. The Hall–Kier alpha value is -2.50. The quantitative estimate of drug-likeness (QED) is 0.848. The van der Waals surface area contributed by atoms with Gasteiger partial charge in [-0.15, -0.1) is 0 Å². The Morgan fingerprint density at radius 1 is 1.14 bits per heavy atom. The van der Waals surface area contributed by atoms with Crippen LogP contribution in [0.4, 0.5) is 0 Å². The number of carbonyl (C=O) groups excluding carboxylic acids is 1. The number of ether oxygens (including phenoxy) is 3. The summed E-state index contributed by atoms with van der Waals surface area (Å²) in [6.45, 7) is 2.06. The molecule has 0 radical (unpaired) electrons. The van der Waals surface area contributed by atoms with Gasteiger partial charge in [0.15, 0.2) is 11.5 Å². The maximum atomic E-state index is 11.9. The molecule has 1 heterocycles. The topological polar surface area (TPSA) is 77.6 Å². The van der Waals surface area contributed by atoms with Gasteiger partial charge >= 0.3 is 5.97 Å². The number of hydrogen-bond donors (Lipinski definition) is 1. The lowest BCUT2D eigenvalue weighted by Gasteiger charge is -2.11. The molecule has 6 nitrogen and oxygen atoms in total. The summed E-state index contributed by atoms with van der Waals surface area (Å²) in [4.78, 5) is 26.2. The van der Waals surface area contributed by atoms with E-state index in [0.29, 0.717) is 34.4 Å². The number of pyridine rings is 1. The highest BCUT2D eigenvalue weighted by molar-refractivity contribution is 5.90. The molecule has 0 atom stereocenters. The molecule has 0 spiro atoms. The second-order valence-corrected chi connectivity index (χ2v) is 4.38. The van der Waals surface area contributed by atoms with Crippen LogP contribution in [0.1, 0.15) is 12.5 Å². The van der Waals surface area contributed by atoms with E-state index in [9.17, 15) is 9.59 Å². The molecular formula is C15H17NO5. The fraction of sp³-hybridized carbons (Fsp3) is 0.333. The van der Waals surface area contributed by atoms with Crippen LogP contribution in [0.5, 0.6) is 11.5 Å². The van der Waals surface area contributed by atoms with Gasteiger partial charge in [-0.25, -0.2) is 0 Å². The van der Waals surface area contributed by atoms with Gasteiger partial charge in [-0.1, -0.05) is 0 Å². The number of H-pyrrole nitrogens is 1. The number of aromatic nitrogens is 1. The van der Waals surface area contributed by atoms with Gasteiger partial charge in [0.1, 0.15) is 0 Å². The van der Waals surface area contributed by atoms with Crippen molar-refractivity contribution < 1.29 is 19.0 Å². The van der Waals surface area contributed by atoms with Crippen LogP contribution in [0.2, 0.25) is 0 Å². The van der Waals surface area contributed by atoms with Crippen LogP contribution in [0.25, 0.3) is 10.8 Å². The van der Waals surface area contributed by atoms with Crippen LogP contribution < -0.4 is 15.0 Å². The van der Waals surface area contributed by atoms with Gasteiger partial charge in [-0.3, -0.25) is 9.59 Å². The number of fused-ring (bicyclic) bond motifs is 1. The monoisotopic (exact) mass is 291 g/mol. The first-order valence-corrected chi connectivity index (χ1v) is 6.52. The second kappa shape index (κ2) is 6.30. The zero-order chi connectivity index (χ0) is 15.4. The van der Waals surface area contributed by atoms with Crippen LogP contribution in [0.3, 0.4) is 0 Å². The van der Waals surface area contributed by atoms with Gasteiger partial charge in [0, 0.05) is 6.20 Å². The first kappa shape index (κ1) is 14.9. The predicted molar refractivity (Wildman–Crippen MR) is 78.0 cm³/mol. The number of hydrogen-bond acceptors (Lipinski definition) is 5. The van der Waals surface area contributed by atoms with E-state index in [4.69, 9.17) is 14.2 Å². The maximum absolute atomic E-state index is 11.9. The molecule has 21 heavy (non-hydrogen) atoms. The summed E-state index contributed by atoms with van der Waals surface area (Å²) in [5.74, 6) is 0.616. The Morgan fingerprint density at radius 3 is 2.33 bits per heavy atom. The van der Waals surface area contributed by atoms with Crippen molar-refractivity contribution in [2.45, 2.75) is 13.3 Å². The maximum Gasteiger partial charge on any atom is 0.310 e. The minimum absolute atomic E-state index is 0.0800. The lowest BCUT2D eigenvalue weighted by molar-refractivity contribution is -0.142. The summed E-state index contributed by atoms with van der Waals surface area (Å²) in [6.07, 6.45) is 1.60. The summed E-state index contributed by atoms with van der Waals surface area (Å²) in [5.41, 5.74) is 0.419. The van der Waals surface area contributed by atoms with Crippen LogP contribution in [-0.2, 0) is 16.0 Å². The smallest absolute Gasteiger partial charge is 0.310 e. The summed E-state index contributed by atoms with van der Waals surface area (Å²) in [7, 11) is 3.02. The van der Waals surface area contributed by atoms with Gasteiger partial charge in [0.2, 0.25) is 0 Å². The van der Waals surface area contributed by atoms with E-state index >= 15 is 0 Å². The molecule has 112 valence electrons. The van der Waals surface area contributed by atoms with Gasteiger partial charge in [-0.05, 0) is 30.0 Å². The van der Waals surface area contributed by atoms with Crippen molar-refractivity contribution in [2.24, 2.45) is 0 Å². The minimum Gasteiger partial charge on any atom is -0.493 e. The number of esters is 1. The third-order valence-electron chi connectivity index (χ3n) is 3.13. The Kier molecular flexibility index (Phi) is 4.47. The number of nitrogens with one attached hydrogen (secondary N) is 1. The van der Waals surface area contributed by atoms with Crippen molar-refractivity contribution in [2.75, 3.05) is 20.8 Å². The van der Waals surface area contributed by atoms with E-state index in [2.05, 4.69) is 4.98 Å². The molecule has 0 fully saturated rings. The first-order chi connectivity index (χ1) is 10.1. The van der Waals surface area contributed by atoms with Crippen LogP contribution in [-0.4, -0.2) is 31.8 Å². The zero-order valence-corrected chi connectivity index (χ0v) is 12.2. The third-order valence-corrected chi connectivity index (χ3v) is 3.13. The standard InChI is InChI=1S/C15H17NO5/c1-4-21-14(17)5-9-8-16-15(18)11-7-13(20-3)12(19-2)6-10(9)11/h6-8H,4-5H2,1-3H3,(H,16,18). The number of benzene rings is 1. The lowest BCUT2D eigenvalue weighted by atomic mass is 10.0. The summed E-state index contributed by atoms with van der Waals surface area (Å²) in [6, 6.07) is 3.29. The SMILES string of the molecule is CCOC(=O)Cc1c[nH]c(=O)c2cc(OC)c(OC)cc12. The van der Waals surface area contributed by atoms with Crippen molar-refractivity contribution in [1.29, 1.82) is 0 Å². The number of methoxy groups -OCH3 is 2. The highest BCUT2D eigenvalue weighted by Gasteiger charge is 2.14. The van der Waals surface area contributed by atoms with Crippen LogP contribution in [0, 0.1) is 0 Å². The molecule has 0 aliphatic heterocycles. The zero-order valence-electron chi connectivity index (χ0n) is 12.2. The highest BCUT2D eigenvalue weighted by atomic mass is 16.5. The van der Waals surface area contributed by atoms with E-state index < -0.39 is 0 Å². The normalized spacial score (nSPS) is 10.4. The molecule has 0 saturated heterocycles. The molecule has 2 aromatic rings. The number of rotatable bonds is 5. The van der Waals surface area contributed by atoms with Crippen LogP contribution >= 0.6 is 0 Å². The van der Waals surface area contributed by atoms with E-state index in [1.54, 1.807) is 19.1 Å². The van der Waals surface area contributed by atoms with Crippen molar-refractivity contribution in [3.05, 3.63) is 34.2 Å². The average molecular weight is 291 g/mol. The molecule has 1 aromatic carbocycles. The third kappa shape index (κ3) is 2.99. The van der Waals surface area contributed by atoms with E-state index in [1.165, 1.54) is 20.4 Å². The Labute approximate surface area is 121 Å². The van der Waals surface area contributed by atoms with Crippen molar-refractivity contribution in [1.82, 2.24) is 4.98 Å². The molecular weight excluding hydrogens is 274 g/mol. The molecule has 0 amide bonds. The Balaban J connectivity index is 2.59. The molecule has 6 heteroatoms. The van der Waals surface area contributed by atoms with Gasteiger partial charge in [-0.2, -0.15) is 0 Å². The van der Waals surface area contributed by atoms with Gasteiger partial charge in [0.05, 0.1) is 32.6 Å². The molecule has 0 unspecified atom stereocenters. The molecule has 0 saturated carbocycles.